The zero-order valence-corrected chi connectivity index (χ0v) is 18.3. The number of carbonyl (C=O) groups is 2. The van der Waals surface area contributed by atoms with E-state index in [2.05, 4.69) is 54.6 Å². The molecule has 4 aromatic carbocycles. The summed E-state index contributed by atoms with van der Waals surface area (Å²) in [4.78, 5) is 26.4. The molecular formula is C30H24O2. The van der Waals surface area contributed by atoms with Gasteiger partial charge in [-0.05, 0) is 60.1 Å². The molecule has 0 amide bonds. The van der Waals surface area contributed by atoms with E-state index in [0.717, 1.165) is 29.5 Å². The Morgan fingerprint density at radius 2 is 1.06 bits per heavy atom. The van der Waals surface area contributed by atoms with Gasteiger partial charge < -0.3 is 0 Å². The van der Waals surface area contributed by atoms with Crippen molar-refractivity contribution in [1.29, 1.82) is 0 Å². The number of carbonyl (C=O) groups excluding carboxylic acids is 2. The Bertz CT molecular complexity index is 1350. The third-order valence-corrected chi connectivity index (χ3v) is 6.43. The van der Waals surface area contributed by atoms with Crippen LogP contribution in [0.3, 0.4) is 0 Å². The van der Waals surface area contributed by atoms with Crippen LogP contribution in [0.4, 0.5) is 0 Å². The van der Waals surface area contributed by atoms with Gasteiger partial charge >= 0.3 is 0 Å². The maximum absolute atomic E-state index is 13.3. The Kier molecular flexibility index (Phi) is 5.07. The Labute approximate surface area is 188 Å². The molecule has 0 spiro atoms. The largest absolute Gasteiger partial charge is 0.289 e. The second kappa shape index (κ2) is 8.05. The van der Waals surface area contributed by atoms with Crippen LogP contribution in [-0.2, 0) is 12.8 Å². The van der Waals surface area contributed by atoms with E-state index in [1.165, 1.54) is 16.7 Å². The molecule has 32 heavy (non-hydrogen) atoms. The molecule has 0 saturated heterocycles. The van der Waals surface area contributed by atoms with Gasteiger partial charge in [-0.1, -0.05) is 84.9 Å². The first-order chi connectivity index (χ1) is 15.5. The zero-order chi connectivity index (χ0) is 22.2. The molecule has 5 rings (SSSR count). The summed E-state index contributed by atoms with van der Waals surface area (Å²) in [6.45, 7) is 3.90. The van der Waals surface area contributed by atoms with Crippen molar-refractivity contribution in [2.24, 2.45) is 0 Å². The van der Waals surface area contributed by atoms with Crippen molar-refractivity contribution in [3.05, 3.63) is 141 Å². The predicted molar refractivity (Wildman–Crippen MR) is 128 cm³/mol. The van der Waals surface area contributed by atoms with E-state index in [-0.39, 0.29) is 11.6 Å². The van der Waals surface area contributed by atoms with Crippen molar-refractivity contribution in [3.8, 4) is 0 Å². The van der Waals surface area contributed by atoms with Gasteiger partial charge in [0.05, 0.1) is 0 Å². The van der Waals surface area contributed by atoms with Gasteiger partial charge in [0.2, 0.25) is 0 Å². The smallest absolute Gasteiger partial charge is 0.194 e. The first-order valence-corrected chi connectivity index (χ1v) is 11.0. The maximum Gasteiger partial charge on any atom is 0.194 e. The molecule has 156 valence electrons. The fraction of sp³-hybridized carbons (Fsp3) is 0.133. The lowest BCUT2D eigenvalue weighted by atomic mass is 9.78. The Hall–Kier alpha value is -3.78. The van der Waals surface area contributed by atoms with E-state index in [1.54, 1.807) is 12.1 Å². The molecule has 0 unspecified atom stereocenters. The van der Waals surface area contributed by atoms with E-state index in [0.29, 0.717) is 22.3 Å². The molecule has 0 saturated carbocycles. The topological polar surface area (TPSA) is 34.1 Å². The number of hydrogen-bond donors (Lipinski definition) is 0. The summed E-state index contributed by atoms with van der Waals surface area (Å²) in [5, 5.41) is 0. The van der Waals surface area contributed by atoms with E-state index in [1.807, 2.05) is 32.0 Å². The zero-order valence-electron chi connectivity index (χ0n) is 18.3. The standard InChI is InChI=1S/C30H24O2/c1-19-16-24(18-23-14-12-22(13-15-23)17-21-8-4-3-5-9-21)20(2)28-27(19)29(31)25-10-6-7-11-26(25)30(28)32/h3-16H,17-18H2,1-2H3. The molecule has 0 aliphatic heterocycles. The molecule has 1 aliphatic rings. The summed E-state index contributed by atoms with van der Waals surface area (Å²) >= 11 is 0. The van der Waals surface area contributed by atoms with Crippen molar-refractivity contribution in [1.82, 2.24) is 0 Å². The average Bonchev–Trinajstić information content (AvgIpc) is 2.81. The molecule has 4 aromatic rings. The van der Waals surface area contributed by atoms with Crippen LogP contribution in [-0.4, -0.2) is 11.6 Å². The van der Waals surface area contributed by atoms with Gasteiger partial charge in [0.15, 0.2) is 11.6 Å². The quantitative estimate of drug-likeness (QED) is 0.346. The van der Waals surface area contributed by atoms with Crippen LogP contribution < -0.4 is 0 Å². The molecular weight excluding hydrogens is 392 g/mol. The summed E-state index contributed by atoms with van der Waals surface area (Å²) in [5.41, 5.74) is 8.79. The van der Waals surface area contributed by atoms with Gasteiger partial charge in [0, 0.05) is 22.3 Å². The SMILES string of the molecule is Cc1cc(Cc2ccc(Cc3ccccc3)cc2)c(C)c2c1C(=O)c1ccccc1C2=O. The number of benzene rings is 4. The Balaban J connectivity index is 1.46. The second-order valence-corrected chi connectivity index (χ2v) is 8.59. The molecule has 1 aliphatic carbocycles. The second-order valence-electron chi connectivity index (χ2n) is 8.59. The third-order valence-electron chi connectivity index (χ3n) is 6.43. The lowest BCUT2D eigenvalue weighted by molar-refractivity contribution is 0.0978. The molecule has 2 heteroatoms. The number of fused-ring (bicyclic) bond motifs is 2. The molecule has 0 fully saturated rings. The Morgan fingerprint density at radius 1 is 0.562 bits per heavy atom. The molecule has 0 radical (unpaired) electrons. The predicted octanol–water partition coefficient (Wildman–Crippen LogP) is 6.26. The summed E-state index contributed by atoms with van der Waals surface area (Å²) in [7, 11) is 0. The fourth-order valence-corrected chi connectivity index (χ4v) is 4.72. The molecule has 0 bridgehead atoms. The molecule has 0 aromatic heterocycles. The highest BCUT2D eigenvalue weighted by Gasteiger charge is 2.32. The Morgan fingerprint density at radius 3 is 1.69 bits per heavy atom. The normalized spacial score (nSPS) is 12.4. The van der Waals surface area contributed by atoms with Crippen molar-refractivity contribution < 1.29 is 9.59 Å². The van der Waals surface area contributed by atoms with Gasteiger partial charge in [-0.15, -0.1) is 0 Å². The lowest BCUT2D eigenvalue weighted by Crippen LogP contribution is -2.24. The minimum atomic E-state index is -0.0485. The highest BCUT2D eigenvalue weighted by Crippen LogP contribution is 2.33. The van der Waals surface area contributed by atoms with E-state index in [9.17, 15) is 9.59 Å². The molecule has 2 nitrogen and oxygen atoms in total. The summed E-state index contributed by atoms with van der Waals surface area (Å²) < 4.78 is 0. The first kappa shape index (κ1) is 20.1. The summed E-state index contributed by atoms with van der Waals surface area (Å²) in [6.07, 6.45) is 1.64. The lowest BCUT2D eigenvalue weighted by Gasteiger charge is -2.23. The van der Waals surface area contributed by atoms with Crippen LogP contribution in [0.5, 0.6) is 0 Å². The van der Waals surface area contributed by atoms with E-state index < -0.39 is 0 Å². The number of ketones is 2. The number of hydrogen-bond acceptors (Lipinski definition) is 2. The minimum Gasteiger partial charge on any atom is -0.289 e. The van der Waals surface area contributed by atoms with Crippen LogP contribution in [0.2, 0.25) is 0 Å². The summed E-state index contributed by atoms with van der Waals surface area (Å²) in [6, 6.07) is 28.3. The van der Waals surface area contributed by atoms with Gasteiger partial charge in [-0.2, -0.15) is 0 Å². The van der Waals surface area contributed by atoms with Crippen molar-refractivity contribution in [3.63, 3.8) is 0 Å². The highest BCUT2D eigenvalue weighted by molar-refractivity contribution is 6.29. The van der Waals surface area contributed by atoms with Crippen molar-refractivity contribution >= 4 is 11.6 Å². The molecule has 0 N–H and O–H groups in total. The van der Waals surface area contributed by atoms with Gasteiger partial charge in [-0.25, -0.2) is 0 Å². The van der Waals surface area contributed by atoms with E-state index in [4.69, 9.17) is 0 Å². The van der Waals surface area contributed by atoms with E-state index >= 15 is 0 Å². The highest BCUT2D eigenvalue weighted by atomic mass is 16.1. The number of aryl methyl sites for hydroxylation is 1. The minimum absolute atomic E-state index is 0.0455. The molecule has 0 heterocycles. The van der Waals surface area contributed by atoms with Crippen molar-refractivity contribution in [2.45, 2.75) is 26.7 Å². The summed E-state index contributed by atoms with van der Waals surface area (Å²) in [5.74, 6) is -0.0940. The van der Waals surface area contributed by atoms with Gasteiger partial charge in [0.25, 0.3) is 0 Å². The van der Waals surface area contributed by atoms with Crippen LogP contribution in [0.25, 0.3) is 0 Å². The molecule has 0 atom stereocenters. The third kappa shape index (κ3) is 3.48. The van der Waals surface area contributed by atoms with Gasteiger partial charge in [0.1, 0.15) is 0 Å². The van der Waals surface area contributed by atoms with Gasteiger partial charge in [-0.3, -0.25) is 9.59 Å². The van der Waals surface area contributed by atoms with Crippen molar-refractivity contribution in [2.75, 3.05) is 0 Å². The number of rotatable bonds is 4. The van der Waals surface area contributed by atoms with Crippen LogP contribution in [0.15, 0.2) is 84.9 Å². The van der Waals surface area contributed by atoms with Crippen LogP contribution in [0.1, 0.15) is 65.2 Å². The first-order valence-electron chi connectivity index (χ1n) is 11.0. The maximum atomic E-state index is 13.3. The average molecular weight is 417 g/mol. The van der Waals surface area contributed by atoms with Crippen LogP contribution >= 0.6 is 0 Å². The monoisotopic (exact) mass is 416 g/mol. The van der Waals surface area contributed by atoms with Crippen LogP contribution in [0, 0.1) is 13.8 Å². The fourth-order valence-electron chi connectivity index (χ4n) is 4.72.